The maximum Gasteiger partial charge on any atom is 0.254 e. The van der Waals surface area contributed by atoms with Gasteiger partial charge in [0.2, 0.25) is 0 Å². The lowest BCUT2D eigenvalue weighted by molar-refractivity contribution is -0.153. The standard InChI is InChI=1S/C28H30ClN3O5/c1-19-5-4-6-22(17-19)37-21-11-9-20(10-12-21)18-30-27(35)25(33)26(34)28(36)32-15-13-31(14-16-32)24-8-3-2-7-23(24)29/h2-12,17,25-26,33-34H,13-16,18H2,1H3,(H,30,35)/t25-,26-/m1/s1. The Kier molecular flexibility index (Phi) is 8.66. The largest absolute Gasteiger partial charge is 0.457 e. The van der Waals surface area contributed by atoms with Gasteiger partial charge in [0, 0.05) is 32.7 Å². The van der Waals surface area contributed by atoms with E-state index in [9.17, 15) is 19.8 Å². The predicted molar refractivity (Wildman–Crippen MR) is 142 cm³/mol. The smallest absolute Gasteiger partial charge is 0.254 e. The van der Waals surface area contributed by atoms with Gasteiger partial charge in [-0.05, 0) is 54.4 Å². The SMILES string of the molecule is Cc1cccc(Oc2ccc(CNC(=O)[C@H](O)[C@@H](O)C(=O)N3CCN(c4ccccc4Cl)CC3)cc2)c1. The van der Waals surface area contributed by atoms with E-state index >= 15 is 0 Å². The van der Waals surface area contributed by atoms with Crippen LogP contribution in [0.4, 0.5) is 5.69 Å². The fraction of sp³-hybridized carbons (Fsp3) is 0.286. The van der Waals surface area contributed by atoms with Crippen molar-refractivity contribution in [3.05, 3.63) is 88.9 Å². The van der Waals surface area contributed by atoms with Gasteiger partial charge in [0.25, 0.3) is 11.8 Å². The third-order valence-electron chi connectivity index (χ3n) is 6.22. The van der Waals surface area contributed by atoms with Gasteiger partial charge in [-0.2, -0.15) is 0 Å². The molecule has 3 aromatic carbocycles. The molecule has 0 saturated carbocycles. The predicted octanol–water partition coefficient (Wildman–Crippen LogP) is 3.13. The van der Waals surface area contributed by atoms with Gasteiger partial charge < -0.3 is 30.1 Å². The summed E-state index contributed by atoms with van der Waals surface area (Å²) in [5.41, 5.74) is 2.75. The van der Waals surface area contributed by atoms with Gasteiger partial charge in [0.05, 0.1) is 10.7 Å². The monoisotopic (exact) mass is 523 g/mol. The van der Waals surface area contributed by atoms with Crippen LogP contribution in [-0.4, -0.2) is 65.3 Å². The molecule has 1 saturated heterocycles. The molecular formula is C28H30ClN3O5. The number of hydrogen-bond acceptors (Lipinski definition) is 6. The number of nitrogens with zero attached hydrogens (tertiary/aromatic N) is 2. The molecule has 8 nitrogen and oxygen atoms in total. The van der Waals surface area contributed by atoms with Crippen molar-refractivity contribution >= 4 is 29.1 Å². The quantitative estimate of drug-likeness (QED) is 0.419. The Morgan fingerprint density at radius 2 is 1.62 bits per heavy atom. The number of aliphatic hydroxyl groups excluding tert-OH is 2. The van der Waals surface area contributed by atoms with Crippen LogP contribution in [0.1, 0.15) is 11.1 Å². The second-order valence-electron chi connectivity index (χ2n) is 8.93. The molecule has 37 heavy (non-hydrogen) atoms. The molecule has 2 atom stereocenters. The van der Waals surface area contributed by atoms with Crippen LogP contribution in [0, 0.1) is 6.92 Å². The van der Waals surface area contributed by atoms with Gasteiger partial charge >= 0.3 is 0 Å². The van der Waals surface area contributed by atoms with Gasteiger partial charge in [-0.3, -0.25) is 9.59 Å². The third kappa shape index (κ3) is 6.80. The molecule has 0 aliphatic carbocycles. The highest BCUT2D eigenvalue weighted by Gasteiger charge is 2.34. The van der Waals surface area contributed by atoms with E-state index in [0.29, 0.717) is 37.0 Å². The van der Waals surface area contributed by atoms with Crippen LogP contribution in [0.5, 0.6) is 11.5 Å². The number of para-hydroxylation sites is 1. The molecular weight excluding hydrogens is 494 g/mol. The first-order valence-electron chi connectivity index (χ1n) is 12.1. The molecule has 0 aromatic heterocycles. The van der Waals surface area contributed by atoms with Gasteiger partial charge in [0.1, 0.15) is 11.5 Å². The second kappa shape index (κ2) is 12.1. The summed E-state index contributed by atoms with van der Waals surface area (Å²) in [6.45, 7) is 3.83. The molecule has 0 spiro atoms. The van der Waals surface area contributed by atoms with Crippen molar-refractivity contribution in [1.29, 1.82) is 0 Å². The lowest BCUT2D eigenvalue weighted by atomic mass is 10.1. The first-order valence-corrected chi connectivity index (χ1v) is 12.4. The highest BCUT2D eigenvalue weighted by atomic mass is 35.5. The molecule has 1 heterocycles. The van der Waals surface area contributed by atoms with E-state index in [4.69, 9.17) is 16.3 Å². The van der Waals surface area contributed by atoms with E-state index in [2.05, 4.69) is 10.2 Å². The number of aryl methyl sites for hydroxylation is 1. The number of benzene rings is 3. The fourth-order valence-electron chi connectivity index (χ4n) is 4.13. The molecule has 0 bridgehead atoms. The summed E-state index contributed by atoms with van der Waals surface area (Å²) < 4.78 is 5.82. The number of anilines is 1. The van der Waals surface area contributed by atoms with Crippen molar-refractivity contribution < 1.29 is 24.5 Å². The van der Waals surface area contributed by atoms with E-state index in [1.54, 1.807) is 30.3 Å². The molecule has 2 amide bonds. The number of ether oxygens (including phenoxy) is 1. The number of rotatable bonds is 8. The number of carbonyl (C=O) groups is 2. The Labute approximate surface area is 221 Å². The lowest BCUT2D eigenvalue weighted by Crippen LogP contribution is -2.55. The summed E-state index contributed by atoms with van der Waals surface area (Å²) in [7, 11) is 0. The number of nitrogens with one attached hydrogen (secondary N) is 1. The molecule has 194 valence electrons. The number of carbonyl (C=O) groups excluding carboxylic acids is 2. The van der Waals surface area contributed by atoms with E-state index in [0.717, 1.165) is 22.6 Å². The molecule has 9 heteroatoms. The maximum atomic E-state index is 12.7. The van der Waals surface area contributed by atoms with E-state index in [-0.39, 0.29) is 6.54 Å². The fourth-order valence-corrected chi connectivity index (χ4v) is 4.38. The Balaban J connectivity index is 1.24. The first-order chi connectivity index (χ1) is 17.8. The Morgan fingerprint density at radius 3 is 2.30 bits per heavy atom. The first kappa shape index (κ1) is 26.5. The van der Waals surface area contributed by atoms with Crippen LogP contribution >= 0.6 is 11.6 Å². The average Bonchev–Trinajstić information content (AvgIpc) is 2.91. The Bertz CT molecular complexity index is 1230. The summed E-state index contributed by atoms with van der Waals surface area (Å²) >= 11 is 6.26. The number of aliphatic hydroxyl groups is 2. The van der Waals surface area contributed by atoms with Crippen LogP contribution in [0.15, 0.2) is 72.8 Å². The molecule has 0 unspecified atom stereocenters. The van der Waals surface area contributed by atoms with Crippen molar-refractivity contribution in [3.8, 4) is 11.5 Å². The normalized spacial score (nSPS) is 15.1. The number of piperazine rings is 1. The van der Waals surface area contributed by atoms with E-state index < -0.39 is 24.0 Å². The van der Waals surface area contributed by atoms with Crippen LogP contribution < -0.4 is 15.0 Å². The summed E-state index contributed by atoms with van der Waals surface area (Å²) in [5.74, 6) is -0.126. The van der Waals surface area contributed by atoms with E-state index in [1.807, 2.05) is 49.4 Å². The van der Waals surface area contributed by atoms with Crippen LogP contribution in [0.3, 0.4) is 0 Å². The van der Waals surface area contributed by atoms with Crippen molar-refractivity contribution in [1.82, 2.24) is 10.2 Å². The van der Waals surface area contributed by atoms with Gasteiger partial charge in [-0.15, -0.1) is 0 Å². The van der Waals surface area contributed by atoms with Crippen molar-refractivity contribution in [2.45, 2.75) is 25.7 Å². The van der Waals surface area contributed by atoms with Crippen molar-refractivity contribution in [3.63, 3.8) is 0 Å². The van der Waals surface area contributed by atoms with Crippen LogP contribution in [-0.2, 0) is 16.1 Å². The van der Waals surface area contributed by atoms with Gasteiger partial charge in [-0.25, -0.2) is 0 Å². The summed E-state index contributed by atoms with van der Waals surface area (Å²) in [4.78, 5) is 28.6. The molecule has 0 radical (unpaired) electrons. The Morgan fingerprint density at radius 1 is 0.919 bits per heavy atom. The zero-order chi connectivity index (χ0) is 26.4. The molecule has 3 aromatic rings. The minimum atomic E-state index is -1.88. The summed E-state index contributed by atoms with van der Waals surface area (Å²) in [6, 6.07) is 22.3. The maximum absolute atomic E-state index is 12.7. The average molecular weight is 524 g/mol. The number of hydrogen-bond donors (Lipinski definition) is 3. The molecule has 4 rings (SSSR count). The molecule has 3 N–H and O–H groups in total. The zero-order valence-corrected chi connectivity index (χ0v) is 21.3. The summed E-state index contributed by atoms with van der Waals surface area (Å²) in [5, 5.41) is 23.9. The number of amides is 2. The van der Waals surface area contributed by atoms with Crippen molar-refractivity contribution in [2.75, 3.05) is 31.1 Å². The minimum Gasteiger partial charge on any atom is -0.457 e. The minimum absolute atomic E-state index is 0.123. The lowest BCUT2D eigenvalue weighted by Gasteiger charge is -2.37. The van der Waals surface area contributed by atoms with Crippen LogP contribution in [0.25, 0.3) is 0 Å². The third-order valence-corrected chi connectivity index (χ3v) is 6.54. The highest BCUT2D eigenvalue weighted by Crippen LogP contribution is 2.26. The second-order valence-corrected chi connectivity index (χ2v) is 9.34. The molecule has 1 fully saturated rings. The van der Waals surface area contributed by atoms with E-state index in [1.165, 1.54) is 4.90 Å². The highest BCUT2D eigenvalue weighted by molar-refractivity contribution is 6.33. The van der Waals surface area contributed by atoms with Gasteiger partial charge in [-0.1, -0.05) is 48.0 Å². The summed E-state index contributed by atoms with van der Waals surface area (Å²) in [6.07, 6.45) is -3.73. The molecule has 1 aliphatic rings. The topological polar surface area (TPSA) is 102 Å². The molecule has 1 aliphatic heterocycles. The Hall–Kier alpha value is -3.59. The van der Waals surface area contributed by atoms with Crippen LogP contribution in [0.2, 0.25) is 5.02 Å². The van der Waals surface area contributed by atoms with Gasteiger partial charge in [0.15, 0.2) is 12.2 Å². The zero-order valence-electron chi connectivity index (χ0n) is 20.5. The van der Waals surface area contributed by atoms with Crippen molar-refractivity contribution in [2.24, 2.45) is 0 Å². The number of halogens is 1.